The monoisotopic (exact) mass is 284 g/mol. The first-order chi connectivity index (χ1) is 9.56. The lowest BCUT2D eigenvalue weighted by Crippen LogP contribution is -2.36. The molecule has 1 atom stereocenters. The van der Waals surface area contributed by atoms with Crippen LogP contribution in [0.3, 0.4) is 0 Å². The summed E-state index contributed by atoms with van der Waals surface area (Å²) < 4.78 is 29.1. The quantitative estimate of drug-likeness (QED) is 0.807. The van der Waals surface area contributed by atoms with Crippen LogP contribution in [-0.2, 0) is 4.79 Å². The molecular formula is C14H18F2N2O2. The fourth-order valence-electron chi connectivity index (χ4n) is 1.94. The number of hydrogen-bond donors (Lipinski definition) is 2. The normalized spacial score (nSPS) is 16.0. The minimum Gasteiger partial charge on any atom is -0.434 e. The van der Waals surface area contributed by atoms with Gasteiger partial charge in [-0.2, -0.15) is 8.78 Å². The lowest BCUT2D eigenvalue weighted by atomic mass is 10.1. The molecule has 1 fully saturated rings. The molecule has 6 heteroatoms. The number of alkyl halides is 2. The van der Waals surface area contributed by atoms with E-state index in [4.69, 9.17) is 0 Å². The second kappa shape index (κ2) is 6.65. The van der Waals surface area contributed by atoms with Crippen LogP contribution < -0.4 is 15.4 Å². The first-order valence-corrected chi connectivity index (χ1v) is 6.62. The summed E-state index contributed by atoms with van der Waals surface area (Å²) in [6.07, 6.45) is 2.21. The smallest absolute Gasteiger partial charge is 0.387 e. The highest BCUT2D eigenvalue weighted by molar-refractivity contribution is 5.78. The number of ether oxygens (including phenoxy) is 1. The number of carbonyl (C=O) groups excluding carboxylic acids is 1. The largest absolute Gasteiger partial charge is 0.434 e. The minimum atomic E-state index is -2.88. The Morgan fingerprint density at radius 1 is 1.40 bits per heavy atom. The van der Waals surface area contributed by atoms with E-state index in [0.29, 0.717) is 11.6 Å². The van der Waals surface area contributed by atoms with Crippen molar-refractivity contribution in [3.05, 3.63) is 29.8 Å². The van der Waals surface area contributed by atoms with E-state index in [2.05, 4.69) is 15.4 Å². The average molecular weight is 284 g/mol. The number of benzene rings is 1. The van der Waals surface area contributed by atoms with Crippen LogP contribution in [-0.4, -0.2) is 25.1 Å². The molecule has 110 valence electrons. The van der Waals surface area contributed by atoms with E-state index in [-0.39, 0.29) is 18.2 Å². The van der Waals surface area contributed by atoms with Gasteiger partial charge in [-0.25, -0.2) is 0 Å². The third-order valence-electron chi connectivity index (χ3n) is 3.11. The maximum Gasteiger partial charge on any atom is 0.387 e. The summed E-state index contributed by atoms with van der Waals surface area (Å²) in [5.74, 6) is -0.0679. The number of amides is 1. The fourth-order valence-corrected chi connectivity index (χ4v) is 1.94. The molecule has 0 heterocycles. The lowest BCUT2D eigenvalue weighted by Gasteiger charge is -2.18. The number of halogens is 2. The van der Waals surface area contributed by atoms with Crippen molar-refractivity contribution in [2.24, 2.45) is 0 Å². The first kappa shape index (κ1) is 14.7. The first-order valence-electron chi connectivity index (χ1n) is 6.62. The fraction of sp³-hybridized carbons (Fsp3) is 0.500. The SMILES string of the molecule is CC(NC(=O)CNC1CC1)c1ccccc1OC(F)F. The van der Waals surface area contributed by atoms with E-state index < -0.39 is 12.7 Å². The molecule has 20 heavy (non-hydrogen) atoms. The maximum atomic E-state index is 12.3. The third kappa shape index (κ3) is 4.45. The van der Waals surface area contributed by atoms with Gasteiger partial charge in [0.2, 0.25) is 5.91 Å². The topological polar surface area (TPSA) is 50.4 Å². The summed E-state index contributed by atoms with van der Waals surface area (Å²) in [6, 6.07) is 6.52. The Bertz CT molecular complexity index is 464. The molecule has 1 aromatic carbocycles. The third-order valence-corrected chi connectivity index (χ3v) is 3.11. The number of nitrogens with one attached hydrogen (secondary N) is 2. The Kier molecular flexibility index (Phi) is 4.89. The molecule has 0 bridgehead atoms. The van der Waals surface area contributed by atoms with Crippen LogP contribution in [0.5, 0.6) is 5.75 Å². The van der Waals surface area contributed by atoms with Crippen LogP contribution in [0.1, 0.15) is 31.4 Å². The van der Waals surface area contributed by atoms with E-state index in [1.165, 1.54) is 6.07 Å². The minimum absolute atomic E-state index is 0.0884. The molecule has 1 aliphatic carbocycles. The second-order valence-electron chi connectivity index (χ2n) is 4.86. The zero-order chi connectivity index (χ0) is 14.5. The van der Waals surface area contributed by atoms with Crippen molar-refractivity contribution in [2.75, 3.05) is 6.54 Å². The van der Waals surface area contributed by atoms with Crippen molar-refractivity contribution in [3.63, 3.8) is 0 Å². The standard InChI is InChI=1S/C14H18F2N2O2/c1-9(18-13(19)8-17-10-6-7-10)11-4-2-3-5-12(11)20-14(15)16/h2-5,9-10,14,17H,6-8H2,1H3,(H,18,19). The highest BCUT2D eigenvalue weighted by Gasteiger charge is 2.22. The van der Waals surface area contributed by atoms with Gasteiger partial charge in [0.25, 0.3) is 0 Å². The molecule has 4 nitrogen and oxygen atoms in total. The molecular weight excluding hydrogens is 266 g/mol. The van der Waals surface area contributed by atoms with Crippen molar-refractivity contribution < 1.29 is 18.3 Å². The Hall–Kier alpha value is -1.69. The molecule has 1 aliphatic rings. The van der Waals surface area contributed by atoms with Crippen molar-refractivity contribution in [3.8, 4) is 5.75 Å². The number of rotatable bonds is 7. The summed E-state index contributed by atoms with van der Waals surface area (Å²) in [5.41, 5.74) is 0.535. The van der Waals surface area contributed by atoms with Gasteiger partial charge in [-0.3, -0.25) is 4.79 Å². The molecule has 2 N–H and O–H groups in total. The predicted molar refractivity (Wildman–Crippen MR) is 70.7 cm³/mol. The molecule has 1 saturated carbocycles. The Balaban J connectivity index is 1.93. The van der Waals surface area contributed by atoms with Crippen LogP contribution in [0, 0.1) is 0 Å². The van der Waals surface area contributed by atoms with E-state index in [0.717, 1.165) is 12.8 Å². The van der Waals surface area contributed by atoms with Crippen molar-refractivity contribution >= 4 is 5.91 Å². The molecule has 0 saturated heterocycles. The van der Waals surface area contributed by atoms with Gasteiger partial charge in [-0.1, -0.05) is 18.2 Å². The number of carbonyl (C=O) groups is 1. The van der Waals surface area contributed by atoms with E-state index in [9.17, 15) is 13.6 Å². The molecule has 0 aromatic heterocycles. The Morgan fingerprint density at radius 2 is 2.10 bits per heavy atom. The van der Waals surface area contributed by atoms with Crippen molar-refractivity contribution in [2.45, 2.75) is 38.5 Å². The van der Waals surface area contributed by atoms with Gasteiger partial charge >= 0.3 is 6.61 Å². The summed E-state index contributed by atoms with van der Waals surface area (Å²) in [6.45, 7) is -0.897. The van der Waals surface area contributed by atoms with Gasteiger partial charge in [-0.05, 0) is 25.8 Å². The molecule has 1 aromatic rings. The summed E-state index contributed by atoms with van der Waals surface area (Å²) in [5, 5.41) is 5.86. The van der Waals surface area contributed by atoms with E-state index >= 15 is 0 Å². The average Bonchev–Trinajstić information content (AvgIpc) is 3.20. The van der Waals surface area contributed by atoms with E-state index in [1.807, 2.05) is 0 Å². The summed E-state index contributed by atoms with van der Waals surface area (Å²) >= 11 is 0. The second-order valence-corrected chi connectivity index (χ2v) is 4.86. The molecule has 1 amide bonds. The molecule has 0 aliphatic heterocycles. The van der Waals surface area contributed by atoms with Crippen molar-refractivity contribution in [1.29, 1.82) is 0 Å². The van der Waals surface area contributed by atoms with Gasteiger partial charge < -0.3 is 15.4 Å². The Labute approximate surface area is 116 Å². The summed E-state index contributed by atoms with van der Waals surface area (Å²) in [4.78, 5) is 11.7. The van der Waals surface area contributed by atoms with Gasteiger partial charge in [0.15, 0.2) is 0 Å². The van der Waals surface area contributed by atoms with Gasteiger partial charge in [0, 0.05) is 11.6 Å². The summed E-state index contributed by atoms with van der Waals surface area (Å²) in [7, 11) is 0. The predicted octanol–water partition coefficient (Wildman–Crippen LogP) is 2.22. The highest BCUT2D eigenvalue weighted by Crippen LogP contribution is 2.26. The van der Waals surface area contributed by atoms with Gasteiger partial charge in [-0.15, -0.1) is 0 Å². The molecule has 0 radical (unpaired) electrons. The van der Waals surface area contributed by atoms with Crippen LogP contribution in [0.15, 0.2) is 24.3 Å². The molecule has 0 spiro atoms. The van der Waals surface area contributed by atoms with Gasteiger partial charge in [0.05, 0.1) is 12.6 Å². The number of hydrogen-bond acceptors (Lipinski definition) is 3. The van der Waals surface area contributed by atoms with Crippen molar-refractivity contribution in [1.82, 2.24) is 10.6 Å². The van der Waals surface area contributed by atoms with Crippen LogP contribution >= 0.6 is 0 Å². The zero-order valence-corrected chi connectivity index (χ0v) is 11.2. The molecule has 2 rings (SSSR count). The highest BCUT2D eigenvalue weighted by atomic mass is 19.3. The lowest BCUT2D eigenvalue weighted by molar-refractivity contribution is -0.120. The Morgan fingerprint density at radius 3 is 2.75 bits per heavy atom. The van der Waals surface area contributed by atoms with Crippen LogP contribution in [0.4, 0.5) is 8.78 Å². The molecule has 1 unspecified atom stereocenters. The van der Waals surface area contributed by atoms with E-state index in [1.54, 1.807) is 25.1 Å². The zero-order valence-electron chi connectivity index (χ0n) is 11.2. The van der Waals surface area contributed by atoms with Gasteiger partial charge in [0.1, 0.15) is 5.75 Å². The van der Waals surface area contributed by atoms with Crippen LogP contribution in [0.25, 0.3) is 0 Å². The number of para-hydroxylation sites is 1. The maximum absolute atomic E-state index is 12.3. The van der Waals surface area contributed by atoms with Crippen LogP contribution in [0.2, 0.25) is 0 Å².